The van der Waals surface area contributed by atoms with E-state index in [2.05, 4.69) is 10.3 Å². The summed E-state index contributed by atoms with van der Waals surface area (Å²) in [4.78, 5) is 16.3. The molecule has 1 aromatic carbocycles. The van der Waals surface area contributed by atoms with E-state index >= 15 is 0 Å². The van der Waals surface area contributed by atoms with Gasteiger partial charge in [-0.05, 0) is 30.9 Å². The minimum absolute atomic E-state index is 0.117. The molecule has 2 aliphatic heterocycles. The summed E-state index contributed by atoms with van der Waals surface area (Å²) in [5.74, 6) is 2.55. The van der Waals surface area contributed by atoms with E-state index < -0.39 is 0 Å². The second-order valence-electron chi connectivity index (χ2n) is 6.20. The van der Waals surface area contributed by atoms with Gasteiger partial charge in [0.1, 0.15) is 12.0 Å². The Morgan fingerprint density at radius 1 is 1.31 bits per heavy atom. The predicted octanol–water partition coefficient (Wildman–Crippen LogP) is 2.14. The maximum absolute atomic E-state index is 12.1. The molecule has 1 amide bonds. The van der Waals surface area contributed by atoms with Crippen LogP contribution in [-0.2, 0) is 11.3 Å². The molecule has 1 fully saturated rings. The Kier molecular flexibility index (Phi) is 4.92. The average Bonchev–Trinajstić information content (AvgIpc) is 3.40. The number of amides is 1. The fourth-order valence-electron chi connectivity index (χ4n) is 2.88. The van der Waals surface area contributed by atoms with Crippen LogP contribution in [0.4, 0.5) is 0 Å². The van der Waals surface area contributed by atoms with Gasteiger partial charge in [-0.3, -0.25) is 4.79 Å². The Bertz CT molecular complexity index is 769. The number of aromatic nitrogens is 1. The highest BCUT2D eigenvalue weighted by Gasteiger charge is 2.17. The fraction of sp³-hybridized carbons (Fsp3) is 0.444. The molecule has 26 heavy (non-hydrogen) atoms. The van der Waals surface area contributed by atoms with Crippen molar-refractivity contribution in [3.05, 3.63) is 36.0 Å². The zero-order valence-corrected chi connectivity index (χ0v) is 14.2. The van der Waals surface area contributed by atoms with Crippen molar-refractivity contribution in [2.24, 2.45) is 5.92 Å². The lowest BCUT2D eigenvalue weighted by Crippen LogP contribution is -2.26. The van der Waals surface area contributed by atoms with Gasteiger partial charge in [-0.2, -0.15) is 0 Å². The van der Waals surface area contributed by atoms with Gasteiger partial charge >= 0.3 is 0 Å². The van der Waals surface area contributed by atoms with Crippen LogP contribution >= 0.6 is 0 Å². The number of carbonyl (C=O) groups is 1. The van der Waals surface area contributed by atoms with Crippen molar-refractivity contribution in [2.75, 3.05) is 26.6 Å². The van der Waals surface area contributed by atoms with Gasteiger partial charge in [-0.15, -0.1) is 0 Å². The van der Waals surface area contributed by atoms with E-state index in [9.17, 15) is 4.79 Å². The highest BCUT2D eigenvalue weighted by molar-refractivity contribution is 5.91. The zero-order valence-electron chi connectivity index (χ0n) is 14.2. The van der Waals surface area contributed by atoms with Crippen molar-refractivity contribution in [2.45, 2.75) is 19.4 Å². The third-order valence-electron chi connectivity index (χ3n) is 4.35. The predicted molar refractivity (Wildman–Crippen MR) is 89.3 cm³/mol. The SMILES string of the molecule is O=C(NCC[C@H]1CCOC1)c1coc(COc2ccc3c(c2)OCO3)n1. The molecule has 0 radical (unpaired) electrons. The monoisotopic (exact) mass is 360 g/mol. The molecule has 8 heteroatoms. The van der Waals surface area contributed by atoms with Gasteiger partial charge < -0.3 is 28.7 Å². The van der Waals surface area contributed by atoms with E-state index in [1.807, 2.05) is 0 Å². The lowest BCUT2D eigenvalue weighted by atomic mass is 10.1. The summed E-state index contributed by atoms with van der Waals surface area (Å²) < 4.78 is 26.8. The number of benzene rings is 1. The van der Waals surface area contributed by atoms with Gasteiger partial charge in [0, 0.05) is 25.8 Å². The van der Waals surface area contributed by atoms with E-state index in [-0.39, 0.29) is 25.0 Å². The van der Waals surface area contributed by atoms with Gasteiger partial charge in [-0.25, -0.2) is 4.98 Å². The highest BCUT2D eigenvalue weighted by Crippen LogP contribution is 2.35. The highest BCUT2D eigenvalue weighted by atomic mass is 16.7. The number of ether oxygens (including phenoxy) is 4. The van der Waals surface area contributed by atoms with Crippen molar-refractivity contribution < 1.29 is 28.2 Å². The molecule has 1 N–H and O–H groups in total. The zero-order chi connectivity index (χ0) is 17.8. The van der Waals surface area contributed by atoms with E-state index in [0.717, 1.165) is 26.1 Å². The Morgan fingerprint density at radius 2 is 2.23 bits per heavy atom. The van der Waals surface area contributed by atoms with Crippen molar-refractivity contribution in [3.8, 4) is 17.2 Å². The Morgan fingerprint density at radius 3 is 3.12 bits per heavy atom. The number of nitrogens with one attached hydrogen (secondary N) is 1. The first-order chi connectivity index (χ1) is 12.8. The van der Waals surface area contributed by atoms with Crippen LogP contribution < -0.4 is 19.5 Å². The summed E-state index contributed by atoms with van der Waals surface area (Å²) in [5.41, 5.74) is 0.247. The number of carbonyl (C=O) groups excluding carboxylic acids is 1. The topological polar surface area (TPSA) is 92.1 Å². The van der Waals surface area contributed by atoms with Crippen LogP contribution in [0.5, 0.6) is 17.2 Å². The Labute approximate surface area is 150 Å². The second kappa shape index (κ2) is 7.65. The van der Waals surface area contributed by atoms with E-state index in [0.29, 0.717) is 35.6 Å². The van der Waals surface area contributed by atoms with Crippen LogP contribution in [0.2, 0.25) is 0 Å². The molecule has 1 atom stereocenters. The Hall–Kier alpha value is -2.74. The average molecular weight is 360 g/mol. The number of hydrogen-bond acceptors (Lipinski definition) is 7. The molecular formula is C18H20N2O6. The van der Waals surface area contributed by atoms with Crippen LogP contribution in [0.1, 0.15) is 29.2 Å². The second-order valence-corrected chi connectivity index (χ2v) is 6.20. The maximum Gasteiger partial charge on any atom is 0.273 e. The van der Waals surface area contributed by atoms with Crippen LogP contribution in [0.3, 0.4) is 0 Å². The molecule has 0 bridgehead atoms. The van der Waals surface area contributed by atoms with Gasteiger partial charge in [0.25, 0.3) is 5.91 Å². The molecule has 3 heterocycles. The normalized spacial score (nSPS) is 18.1. The number of rotatable bonds is 7. The van der Waals surface area contributed by atoms with E-state index in [4.69, 9.17) is 23.4 Å². The molecule has 1 saturated heterocycles. The molecule has 1 aromatic heterocycles. The van der Waals surface area contributed by atoms with Crippen LogP contribution in [-0.4, -0.2) is 37.4 Å². The quantitative estimate of drug-likeness (QED) is 0.809. The van der Waals surface area contributed by atoms with E-state index in [1.165, 1.54) is 6.26 Å². The molecular weight excluding hydrogens is 340 g/mol. The summed E-state index contributed by atoms with van der Waals surface area (Å²) >= 11 is 0. The summed E-state index contributed by atoms with van der Waals surface area (Å²) in [6.07, 6.45) is 3.30. The molecule has 138 valence electrons. The third-order valence-corrected chi connectivity index (χ3v) is 4.35. The van der Waals surface area contributed by atoms with Gasteiger partial charge in [-0.1, -0.05) is 0 Å². The lowest BCUT2D eigenvalue weighted by Gasteiger charge is -2.07. The standard InChI is InChI=1S/C18H20N2O6/c21-18(19-5-3-12-4-6-22-8-12)14-9-24-17(20-14)10-23-13-1-2-15-16(7-13)26-11-25-15/h1-2,7,9,12H,3-6,8,10-11H2,(H,19,21)/t12-/m0/s1. The van der Waals surface area contributed by atoms with E-state index in [1.54, 1.807) is 18.2 Å². The van der Waals surface area contributed by atoms with Crippen molar-refractivity contribution in [1.29, 1.82) is 0 Å². The minimum Gasteiger partial charge on any atom is -0.484 e. The molecule has 8 nitrogen and oxygen atoms in total. The van der Waals surface area contributed by atoms with Crippen molar-refractivity contribution in [1.82, 2.24) is 10.3 Å². The lowest BCUT2D eigenvalue weighted by molar-refractivity contribution is 0.0945. The molecule has 0 aliphatic carbocycles. The smallest absolute Gasteiger partial charge is 0.273 e. The molecule has 4 rings (SSSR count). The number of hydrogen-bond donors (Lipinski definition) is 1. The molecule has 0 unspecified atom stereocenters. The first-order valence-corrected chi connectivity index (χ1v) is 8.61. The van der Waals surface area contributed by atoms with Crippen LogP contribution in [0.15, 0.2) is 28.9 Å². The third kappa shape index (κ3) is 3.91. The number of oxazole rings is 1. The van der Waals surface area contributed by atoms with Crippen LogP contribution in [0, 0.1) is 5.92 Å². The summed E-state index contributed by atoms with van der Waals surface area (Å²) in [6.45, 7) is 2.52. The minimum atomic E-state index is -0.248. The first-order valence-electron chi connectivity index (χ1n) is 8.61. The summed E-state index contributed by atoms with van der Waals surface area (Å²) in [7, 11) is 0. The Balaban J connectivity index is 1.25. The molecule has 0 saturated carbocycles. The number of nitrogens with zero attached hydrogens (tertiary/aromatic N) is 1. The largest absolute Gasteiger partial charge is 0.484 e. The first kappa shape index (κ1) is 16.7. The van der Waals surface area contributed by atoms with Gasteiger partial charge in [0.2, 0.25) is 12.7 Å². The van der Waals surface area contributed by atoms with Crippen molar-refractivity contribution >= 4 is 5.91 Å². The molecule has 2 aliphatic rings. The fourth-order valence-corrected chi connectivity index (χ4v) is 2.88. The summed E-state index contributed by atoms with van der Waals surface area (Å²) in [6, 6.07) is 5.30. The number of fused-ring (bicyclic) bond motifs is 1. The summed E-state index contributed by atoms with van der Waals surface area (Å²) in [5, 5.41) is 2.85. The molecule has 0 spiro atoms. The van der Waals surface area contributed by atoms with Gasteiger partial charge in [0.05, 0.1) is 0 Å². The van der Waals surface area contributed by atoms with Crippen LogP contribution in [0.25, 0.3) is 0 Å². The van der Waals surface area contributed by atoms with Crippen molar-refractivity contribution in [3.63, 3.8) is 0 Å². The molecule has 2 aromatic rings. The maximum atomic E-state index is 12.1. The van der Waals surface area contributed by atoms with Gasteiger partial charge in [0.15, 0.2) is 23.8 Å².